The summed E-state index contributed by atoms with van der Waals surface area (Å²) in [6.45, 7) is 4.43. The minimum Gasteiger partial charge on any atom is -0.0898 e. The van der Waals surface area contributed by atoms with Gasteiger partial charge in [-0.25, -0.2) is 0 Å². The first-order valence-electron chi connectivity index (χ1n) is 9.41. The Bertz CT molecular complexity index is 1060. The van der Waals surface area contributed by atoms with Gasteiger partial charge in [-0.15, -0.1) is 0 Å². The summed E-state index contributed by atoms with van der Waals surface area (Å²) in [6, 6.07) is 37.2. The van der Waals surface area contributed by atoms with E-state index in [0.29, 0.717) is 0 Å². The van der Waals surface area contributed by atoms with Crippen LogP contribution >= 0.6 is 11.8 Å². The van der Waals surface area contributed by atoms with Crippen LogP contribution in [0.4, 0.5) is 0 Å². The molecule has 1 unspecified atom stereocenters. The van der Waals surface area contributed by atoms with Crippen molar-refractivity contribution in [1.29, 1.82) is 0 Å². The van der Waals surface area contributed by atoms with Crippen LogP contribution in [0.25, 0.3) is 0 Å². The third-order valence-corrected chi connectivity index (χ3v) is 8.20. The minimum atomic E-state index is -0.100. The minimum absolute atomic E-state index is 0.100. The molecule has 2 heteroatoms. The summed E-state index contributed by atoms with van der Waals surface area (Å²) >= 11 is 1.83. The molecule has 0 bridgehead atoms. The lowest BCUT2D eigenvalue weighted by Crippen LogP contribution is -2.07. The summed E-state index contributed by atoms with van der Waals surface area (Å²) in [7, 11) is -0.100. The van der Waals surface area contributed by atoms with E-state index >= 15 is 0 Å². The second kappa shape index (κ2) is 8.72. The van der Waals surface area contributed by atoms with E-state index in [1.54, 1.807) is 0 Å². The summed E-state index contributed by atoms with van der Waals surface area (Å²) in [5.74, 6) is 0. The van der Waals surface area contributed by atoms with Gasteiger partial charge in [-0.05, 0) is 67.9 Å². The number of benzene rings is 4. The first kappa shape index (κ1) is 18.9. The molecule has 0 aliphatic heterocycles. The third kappa shape index (κ3) is 4.19. The van der Waals surface area contributed by atoms with Crippen molar-refractivity contribution in [3.8, 4) is 0 Å². The molecule has 0 saturated heterocycles. The molecule has 4 aromatic carbocycles. The Morgan fingerprint density at radius 2 is 1.21 bits per heavy atom. The first-order chi connectivity index (χ1) is 13.7. The molecule has 4 aromatic rings. The van der Waals surface area contributed by atoms with Gasteiger partial charge in [-0.3, -0.25) is 0 Å². The third-order valence-electron chi connectivity index (χ3n) is 4.65. The van der Waals surface area contributed by atoms with Crippen LogP contribution in [0.5, 0.6) is 0 Å². The highest BCUT2D eigenvalue weighted by molar-refractivity contribution is 7.99. The molecule has 0 spiro atoms. The zero-order valence-corrected chi connectivity index (χ0v) is 17.8. The predicted molar refractivity (Wildman–Crippen MR) is 122 cm³/mol. The van der Waals surface area contributed by atoms with Gasteiger partial charge in [0.2, 0.25) is 0 Å². The summed E-state index contributed by atoms with van der Waals surface area (Å²) in [5.41, 5.74) is 2.67. The monoisotopic (exact) mass is 399 g/mol. The highest BCUT2D eigenvalue weighted by Crippen LogP contribution is 2.36. The van der Waals surface area contributed by atoms with Crippen LogP contribution in [0.15, 0.2) is 128 Å². The van der Waals surface area contributed by atoms with Crippen molar-refractivity contribution in [2.45, 2.75) is 38.3 Å². The largest absolute Gasteiger partial charge is 0.169 e. The maximum absolute atomic E-state index is 2.37. The van der Waals surface area contributed by atoms with Gasteiger partial charge in [-0.1, -0.05) is 66.4 Å². The van der Waals surface area contributed by atoms with E-state index in [1.165, 1.54) is 35.6 Å². The Labute approximate surface area is 175 Å². The van der Waals surface area contributed by atoms with Crippen LogP contribution in [0.1, 0.15) is 11.1 Å². The molecule has 0 amide bonds. The normalized spacial score (nSPS) is 11.9. The lowest BCUT2D eigenvalue weighted by molar-refractivity contribution is 1.20. The van der Waals surface area contributed by atoms with Crippen molar-refractivity contribution in [3.05, 3.63) is 114 Å². The van der Waals surface area contributed by atoms with Crippen LogP contribution < -0.4 is 0 Å². The van der Waals surface area contributed by atoms with Crippen molar-refractivity contribution in [2.75, 3.05) is 0 Å². The van der Waals surface area contributed by atoms with E-state index in [0.717, 1.165) is 0 Å². The van der Waals surface area contributed by atoms with Crippen molar-refractivity contribution >= 4 is 22.7 Å². The van der Waals surface area contributed by atoms with Gasteiger partial charge in [0.05, 0.1) is 10.9 Å². The molecular weight excluding hydrogens is 376 g/mol. The zero-order valence-electron chi connectivity index (χ0n) is 16.1. The van der Waals surface area contributed by atoms with E-state index in [1.807, 2.05) is 11.8 Å². The molecule has 0 saturated carbocycles. The molecule has 138 valence electrons. The SMILES string of the molecule is Cc1cc([S+](c2ccccc2)c2ccccc2C)ccc1Sc1ccccc1. The van der Waals surface area contributed by atoms with Crippen LogP contribution in [0, 0.1) is 13.8 Å². The predicted octanol–water partition coefficient (Wildman–Crippen LogP) is 7.55. The first-order valence-corrected chi connectivity index (χ1v) is 11.4. The number of hydrogen-bond donors (Lipinski definition) is 0. The van der Waals surface area contributed by atoms with Gasteiger partial charge in [0.15, 0.2) is 14.7 Å². The highest BCUT2D eigenvalue weighted by atomic mass is 32.2. The molecule has 0 aliphatic rings. The van der Waals surface area contributed by atoms with Crippen LogP contribution in [-0.4, -0.2) is 0 Å². The highest BCUT2D eigenvalue weighted by Gasteiger charge is 2.30. The fourth-order valence-corrected chi connectivity index (χ4v) is 6.43. The van der Waals surface area contributed by atoms with Crippen molar-refractivity contribution in [3.63, 3.8) is 0 Å². The quantitative estimate of drug-likeness (QED) is 0.312. The Balaban J connectivity index is 1.75. The van der Waals surface area contributed by atoms with Crippen molar-refractivity contribution in [1.82, 2.24) is 0 Å². The van der Waals surface area contributed by atoms with Crippen LogP contribution in [0.3, 0.4) is 0 Å². The summed E-state index contributed by atoms with van der Waals surface area (Å²) < 4.78 is 0. The maximum Gasteiger partial charge on any atom is 0.169 e. The maximum atomic E-state index is 2.37. The molecule has 1 atom stereocenters. The second-order valence-corrected chi connectivity index (χ2v) is 9.84. The van der Waals surface area contributed by atoms with Gasteiger partial charge >= 0.3 is 0 Å². The van der Waals surface area contributed by atoms with Gasteiger partial charge in [-0.2, -0.15) is 0 Å². The average Bonchev–Trinajstić information content (AvgIpc) is 2.73. The Kier molecular flexibility index (Phi) is 5.90. The van der Waals surface area contributed by atoms with E-state index in [-0.39, 0.29) is 10.9 Å². The van der Waals surface area contributed by atoms with Gasteiger partial charge < -0.3 is 0 Å². The summed E-state index contributed by atoms with van der Waals surface area (Å²) in [5, 5.41) is 0. The fourth-order valence-electron chi connectivity index (χ4n) is 3.21. The van der Waals surface area contributed by atoms with Crippen molar-refractivity contribution in [2.24, 2.45) is 0 Å². The van der Waals surface area contributed by atoms with Gasteiger partial charge in [0, 0.05) is 15.4 Å². The Morgan fingerprint density at radius 3 is 1.89 bits per heavy atom. The van der Waals surface area contributed by atoms with E-state index in [9.17, 15) is 0 Å². The smallest absolute Gasteiger partial charge is 0.0898 e. The average molecular weight is 400 g/mol. The second-order valence-electron chi connectivity index (χ2n) is 6.73. The fraction of sp³-hybridized carbons (Fsp3) is 0.0769. The molecule has 4 rings (SSSR count). The molecule has 0 heterocycles. The summed E-state index contributed by atoms with van der Waals surface area (Å²) in [4.78, 5) is 6.72. The lowest BCUT2D eigenvalue weighted by atomic mass is 10.2. The van der Waals surface area contributed by atoms with E-state index in [4.69, 9.17) is 0 Å². The molecular formula is C26H23S2+. The van der Waals surface area contributed by atoms with Gasteiger partial charge in [0.25, 0.3) is 0 Å². The molecule has 0 N–H and O–H groups in total. The topological polar surface area (TPSA) is 0 Å². The summed E-state index contributed by atoms with van der Waals surface area (Å²) in [6.07, 6.45) is 0. The van der Waals surface area contributed by atoms with Gasteiger partial charge in [0.1, 0.15) is 0 Å². The van der Waals surface area contributed by atoms with E-state index < -0.39 is 0 Å². The standard InChI is InChI=1S/C26H23S2/c1-20-11-9-10-16-26(20)28(23-14-7-4-8-15-23)24-17-18-25(21(2)19-24)27-22-12-5-3-6-13-22/h3-19H,1-2H3/q+1. The molecule has 0 radical (unpaired) electrons. The molecule has 0 aromatic heterocycles. The number of rotatable bonds is 5. The lowest BCUT2D eigenvalue weighted by Gasteiger charge is -2.12. The molecule has 0 fully saturated rings. The zero-order chi connectivity index (χ0) is 19.3. The number of hydrogen-bond acceptors (Lipinski definition) is 1. The molecule has 0 aliphatic carbocycles. The Hall–Kier alpha value is -2.42. The van der Waals surface area contributed by atoms with Crippen LogP contribution in [0.2, 0.25) is 0 Å². The van der Waals surface area contributed by atoms with E-state index in [2.05, 4.69) is 117 Å². The molecule has 0 nitrogen and oxygen atoms in total. The van der Waals surface area contributed by atoms with Crippen molar-refractivity contribution < 1.29 is 0 Å². The Morgan fingerprint density at radius 1 is 0.571 bits per heavy atom. The molecule has 28 heavy (non-hydrogen) atoms. The van der Waals surface area contributed by atoms with Crippen LogP contribution in [-0.2, 0) is 10.9 Å². The number of aryl methyl sites for hydroxylation is 2.